The van der Waals surface area contributed by atoms with Gasteiger partial charge in [-0.3, -0.25) is 19.7 Å². The normalized spacial score (nSPS) is 12.0. The lowest BCUT2D eigenvalue weighted by Gasteiger charge is -2.15. The molecule has 6 heteroatoms. The number of hydrogen-bond donors (Lipinski definition) is 1. The van der Waals surface area contributed by atoms with Gasteiger partial charge in [0, 0.05) is 29.4 Å². The number of rotatable bonds is 4. The number of aromatic nitrogens is 3. The molecule has 0 aliphatic carbocycles. The van der Waals surface area contributed by atoms with E-state index in [0.717, 1.165) is 21.8 Å². The van der Waals surface area contributed by atoms with Crippen LogP contribution in [0.2, 0.25) is 0 Å². The van der Waals surface area contributed by atoms with E-state index in [-0.39, 0.29) is 5.91 Å². The van der Waals surface area contributed by atoms with Gasteiger partial charge in [-0.15, -0.1) is 0 Å². The van der Waals surface area contributed by atoms with Crippen molar-refractivity contribution in [3.8, 4) is 5.75 Å². The molecule has 0 radical (unpaired) electrons. The van der Waals surface area contributed by atoms with Crippen LogP contribution in [-0.4, -0.2) is 27.0 Å². The van der Waals surface area contributed by atoms with Crippen LogP contribution in [0, 0.1) is 0 Å². The maximum Gasteiger partial charge on any atom is 0.265 e. The van der Waals surface area contributed by atoms with Crippen molar-refractivity contribution in [3.05, 3.63) is 67.3 Å². The highest BCUT2D eigenvalue weighted by atomic mass is 16.5. The minimum atomic E-state index is -0.683. The number of para-hydroxylation sites is 1. The number of fused-ring (bicyclic) bond motifs is 2. The number of carbonyl (C=O) groups excluding carboxylic acids is 1. The second kappa shape index (κ2) is 6.76. The molecule has 0 saturated carbocycles. The third-order valence-electron chi connectivity index (χ3n) is 4.05. The van der Waals surface area contributed by atoms with Crippen molar-refractivity contribution in [2.24, 2.45) is 0 Å². The minimum Gasteiger partial charge on any atom is -0.479 e. The number of nitrogens with zero attached hydrogens (tertiary/aromatic N) is 3. The highest BCUT2D eigenvalue weighted by Gasteiger charge is 2.16. The molecule has 3 heterocycles. The van der Waals surface area contributed by atoms with Crippen LogP contribution < -0.4 is 10.1 Å². The van der Waals surface area contributed by atoms with Gasteiger partial charge in [-0.1, -0.05) is 18.2 Å². The van der Waals surface area contributed by atoms with Gasteiger partial charge in [0.1, 0.15) is 5.75 Å². The summed E-state index contributed by atoms with van der Waals surface area (Å²) in [6.07, 6.45) is 5.93. The zero-order valence-electron chi connectivity index (χ0n) is 14.1. The smallest absolute Gasteiger partial charge is 0.265 e. The standard InChI is InChI=1S/C20H16N4O2/c1-13(26-15-10-14-4-2-3-5-17(14)23-11-15)20(25)24-19-7-9-22-18-6-8-21-12-16(18)19/h2-13H,1H3,(H,22,24,25)/t13-/m0/s1. The van der Waals surface area contributed by atoms with Crippen molar-refractivity contribution in [2.75, 3.05) is 5.32 Å². The maximum atomic E-state index is 12.5. The zero-order valence-corrected chi connectivity index (χ0v) is 14.1. The van der Waals surface area contributed by atoms with E-state index in [1.807, 2.05) is 30.3 Å². The maximum absolute atomic E-state index is 12.5. The van der Waals surface area contributed by atoms with Gasteiger partial charge in [-0.05, 0) is 31.2 Å². The third kappa shape index (κ3) is 3.17. The Balaban J connectivity index is 1.52. The van der Waals surface area contributed by atoms with Crippen molar-refractivity contribution >= 4 is 33.4 Å². The lowest BCUT2D eigenvalue weighted by atomic mass is 10.2. The Hall–Kier alpha value is -3.54. The molecular weight excluding hydrogens is 328 g/mol. The molecule has 0 unspecified atom stereocenters. The van der Waals surface area contributed by atoms with Crippen LogP contribution in [0.1, 0.15) is 6.92 Å². The fourth-order valence-electron chi connectivity index (χ4n) is 2.71. The molecule has 0 aliphatic heterocycles. The van der Waals surface area contributed by atoms with Gasteiger partial charge in [-0.2, -0.15) is 0 Å². The van der Waals surface area contributed by atoms with E-state index in [4.69, 9.17) is 4.74 Å². The molecule has 1 N–H and O–H groups in total. The summed E-state index contributed by atoms with van der Waals surface area (Å²) in [5.74, 6) is 0.294. The predicted molar refractivity (Wildman–Crippen MR) is 100 cm³/mol. The summed E-state index contributed by atoms with van der Waals surface area (Å²) in [6.45, 7) is 1.70. The van der Waals surface area contributed by atoms with E-state index in [0.29, 0.717) is 11.4 Å². The topological polar surface area (TPSA) is 77.0 Å². The number of carbonyl (C=O) groups is 1. The van der Waals surface area contributed by atoms with Crippen molar-refractivity contribution in [2.45, 2.75) is 13.0 Å². The molecular formula is C20H16N4O2. The molecule has 6 nitrogen and oxygen atoms in total. The van der Waals surface area contributed by atoms with Gasteiger partial charge in [0.05, 0.1) is 22.9 Å². The van der Waals surface area contributed by atoms with Gasteiger partial charge in [0.2, 0.25) is 0 Å². The first-order valence-corrected chi connectivity index (χ1v) is 8.22. The first kappa shape index (κ1) is 16.0. The van der Waals surface area contributed by atoms with Gasteiger partial charge in [-0.25, -0.2) is 0 Å². The van der Waals surface area contributed by atoms with Crippen LogP contribution in [0.25, 0.3) is 21.8 Å². The molecule has 1 amide bonds. The summed E-state index contributed by atoms with van der Waals surface area (Å²) >= 11 is 0. The molecule has 0 bridgehead atoms. The van der Waals surface area contributed by atoms with Gasteiger partial charge >= 0.3 is 0 Å². The van der Waals surface area contributed by atoms with Crippen LogP contribution in [-0.2, 0) is 4.79 Å². The van der Waals surface area contributed by atoms with Gasteiger partial charge in [0.15, 0.2) is 6.10 Å². The number of pyridine rings is 3. The molecule has 4 rings (SSSR count). The lowest BCUT2D eigenvalue weighted by molar-refractivity contribution is -0.122. The Labute approximate surface area is 149 Å². The molecule has 0 aliphatic rings. The second-order valence-electron chi connectivity index (χ2n) is 5.86. The minimum absolute atomic E-state index is 0.255. The van der Waals surface area contributed by atoms with Crippen molar-refractivity contribution in [3.63, 3.8) is 0 Å². The number of nitrogens with one attached hydrogen (secondary N) is 1. The average Bonchev–Trinajstić information content (AvgIpc) is 2.68. The summed E-state index contributed by atoms with van der Waals surface area (Å²) in [4.78, 5) is 25.2. The third-order valence-corrected chi connectivity index (χ3v) is 4.05. The lowest BCUT2D eigenvalue weighted by Crippen LogP contribution is -2.30. The Morgan fingerprint density at radius 3 is 2.85 bits per heavy atom. The Morgan fingerprint density at radius 2 is 1.92 bits per heavy atom. The first-order chi connectivity index (χ1) is 12.7. The van der Waals surface area contributed by atoms with E-state index in [9.17, 15) is 4.79 Å². The van der Waals surface area contributed by atoms with Crippen LogP contribution in [0.15, 0.2) is 67.3 Å². The summed E-state index contributed by atoms with van der Waals surface area (Å²) in [5, 5.41) is 4.62. The zero-order chi connectivity index (χ0) is 17.9. The van der Waals surface area contributed by atoms with E-state index in [1.54, 1.807) is 43.8 Å². The van der Waals surface area contributed by atoms with Crippen LogP contribution in [0.4, 0.5) is 5.69 Å². The molecule has 128 valence electrons. The quantitative estimate of drug-likeness (QED) is 0.612. The largest absolute Gasteiger partial charge is 0.479 e. The average molecular weight is 344 g/mol. The summed E-state index contributed by atoms with van der Waals surface area (Å²) < 4.78 is 5.76. The fourth-order valence-corrected chi connectivity index (χ4v) is 2.71. The number of benzene rings is 1. The molecule has 0 spiro atoms. The summed E-state index contributed by atoms with van der Waals surface area (Å²) in [6, 6.07) is 13.2. The SMILES string of the molecule is C[C@H](Oc1cnc2ccccc2c1)C(=O)Nc1ccnc2ccncc12. The van der Waals surface area contributed by atoms with E-state index in [2.05, 4.69) is 20.3 Å². The van der Waals surface area contributed by atoms with Gasteiger partial charge in [0.25, 0.3) is 5.91 Å². The fraction of sp³-hybridized carbons (Fsp3) is 0.100. The van der Waals surface area contributed by atoms with Crippen LogP contribution in [0.5, 0.6) is 5.75 Å². The molecule has 1 aromatic carbocycles. The number of hydrogen-bond acceptors (Lipinski definition) is 5. The highest BCUT2D eigenvalue weighted by molar-refractivity contribution is 6.02. The van der Waals surface area contributed by atoms with Crippen LogP contribution in [0.3, 0.4) is 0 Å². The molecule has 0 saturated heterocycles. The number of anilines is 1. The van der Waals surface area contributed by atoms with E-state index >= 15 is 0 Å². The predicted octanol–water partition coefficient (Wildman–Crippen LogP) is 3.58. The monoisotopic (exact) mass is 344 g/mol. The summed E-state index contributed by atoms with van der Waals surface area (Å²) in [7, 11) is 0. The number of amides is 1. The van der Waals surface area contributed by atoms with Crippen molar-refractivity contribution in [1.29, 1.82) is 0 Å². The van der Waals surface area contributed by atoms with Crippen molar-refractivity contribution in [1.82, 2.24) is 15.0 Å². The molecule has 3 aromatic heterocycles. The number of ether oxygens (including phenoxy) is 1. The Morgan fingerprint density at radius 1 is 1.04 bits per heavy atom. The van der Waals surface area contributed by atoms with Crippen LogP contribution >= 0.6 is 0 Å². The summed E-state index contributed by atoms with van der Waals surface area (Å²) in [5.41, 5.74) is 2.30. The Bertz CT molecular complexity index is 1090. The van der Waals surface area contributed by atoms with E-state index < -0.39 is 6.10 Å². The molecule has 0 fully saturated rings. The second-order valence-corrected chi connectivity index (χ2v) is 5.86. The highest BCUT2D eigenvalue weighted by Crippen LogP contribution is 2.22. The van der Waals surface area contributed by atoms with Gasteiger partial charge < -0.3 is 10.1 Å². The Kier molecular flexibility index (Phi) is 4.15. The molecule has 1 atom stereocenters. The van der Waals surface area contributed by atoms with E-state index in [1.165, 1.54) is 0 Å². The van der Waals surface area contributed by atoms with Crippen molar-refractivity contribution < 1.29 is 9.53 Å². The first-order valence-electron chi connectivity index (χ1n) is 8.22. The molecule has 4 aromatic rings. The molecule has 26 heavy (non-hydrogen) atoms.